The van der Waals surface area contributed by atoms with E-state index in [1.54, 1.807) is 7.05 Å². The molecule has 1 aliphatic rings. The van der Waals surface area contributed by atoms with E-state index in [0.717, 1.165) is 45.0 Å². The monoisotopic (exact) mass is 406 g/mol. The summed E-state index contributed by atoms with van der Waals surface area (Å²) in [6, 6.07) is 16.9. The van der Waals surface area contributed by atoms with Crippen molar-refractivity contribution >= 4 is 11.9 Å². The number of nitrogens with zero attached hydrogens (tertiary/aromatic N) is 2. The zero-order chi connectivity index (χ0) is 21.3. The smallest absolute Gasteiger partial charge is 0.223 e. The third-order valence-corrected chi connectivity index (χ3v) is 5.77. The van der Waals surface area contributed by atoms with Crippen LogP contribution in [0.1, 0.15) is 28.7 Å². The largest absolute Gasteiger partial charge is 0.356 e. The van der Waals surface area contributed by atoms with Gasteiger partial charge in [0.05, 0.1) is 0 Å². The van der Waals surface area contributed by atoms with Crippen molar-refractivity contribution in [3.8, 4) is 0 Å². The molecule has 1 atom stereocenters. The predicted molar refractivity (Wildman–Crippen MR) is 124 cm³/mol. The molecular formula is C25H34N4O. The van der Waals surface area contributed by atoms with E-state index in [2.05, 4.69) is 59.8 Å². The van der Waals surface area contributed by atoms with Crippen molar-refractivity contribution in [1.29, 1.82) is 0 Å². The number of hydrogen-bond donors (Lipinski definition) is 2. The molecule has 3 rings (SSSR count). The molecule has 0 spiro atoms. The maximum atomic E-state index is 12.4. The minimum absolute atomic E-state index is 0.260. The molecule has 0 saturated carbocycles. The highest BCUT2D eigenvalue weighted by molar-refractivity contribution is 5.80. The summed E-state index contributed by atoms with van der Waals surface area (Å²) < 4.78 is 0. The summed E-state index contributed by atoms with van der Waals surface area (Å²) >= 11 is 0. The maximum Gasteiger partial charge on any atom is 0.223 e. The molecule has 5 heteroatoms. The van der Waals surface area contributed by atoms with Gasteiger partial charge in [0.1, 0.15) is 0 Å². The SMILES string of the molecule is CN=C(NCCc1ccc(C)cc1C)NCC1CC(=O)N(CCc2ccccc2)C1. The Morgan fingerprint density at radius 1 is 1.10 bits per heavy atom. The summed E-state index contributed by atoms with van der Waals surface area (Å²) in [7, 11) is 1.79. The summed E-state index contributed by atoms with van der Waals surface area (Å²) in [6.45, 7) is 7.49. The highest BCUT2D eigenvalue weighted by Crippen LogP contribution is 2.17. The standard InChI is InChI=1S/C25H34N4O/c1-19-9-10-23(20(2)15-19)11-13-27-25(26-3)28-17-22-16-24(30)29(18-22)14-12-21-7-5-4-6-8-21/h4-10,15,22H,11-14,16-18H2,1-3H3,(H2,26,27,28). The third-order valence-electron chi connectivity index (χ3n) is 5.77. The summed E-state index contributed by atoms with van der Waals surface area (Å²) in [6.07, 6.45) is 2.48. The molecule has 30 heavy (non-hydrogen) atoms. The number of benzene rings is 2. The van der Waals surface area contributed by atoms with Gasteiger partial charge in [-0.1, -0.05) is 54.1 Å². The second kappa shape index (κ2) is 10.8. The molecule has 2 N–H and O–H groups in total. The van der Waals surface area contributed by atoms with E-state index >= 15 is 0 Å². The van der Waals surface area contributed by atoms with Crippen LogP contribution in [0.4, 0.5) is 0 Å². The summed E-state index contributed by atoms with van der Waals surface area (Å²) in [5.41, 5.74) is 5.27. The molecule has 2 aromatic carbocycles. The minimum Gasteiger partial charge on any atom is -0.356 e. The van der Waals surface area contributed by atoms with Gasteiger partial charge in [-0.05, 0) is 43.4 Å². The highest BCUT2D eigenvalue weighted by atomic mass is 16.2. The normalized spacial score (nSPS) is 16.8. The number of hydrogen-bond acceptors (Lipinski definition) is 2. The van der Waals surface area contributed by atoms with Gasteiger partial charge in [0.15, 0.2) is 5.96 Å². The topological polar surface area (TPSA) is 56.7 Å². The molecule has 2 aromatic rings. The number of guanidine groups is 1. The molecule has 0 aliphatic carbocycles. The van der Waals surface area contributed by atoms with Crippen molar-refractivity contribution in [2.75, 3.05) is 33.2 Å². The first-order chi connectivity index (χ1) is 14.5. The molecular weight excluding hydrogens is 372 g/mol. The van der Waals surface area contributed by atoms with Crippen LogP contribution in [0.3, 0.4) is 0 Å². The first-order valence-corrected chi connectivity index (χ1v) is 10.9. The molecule has 1 unspecified atom stereocenters. The third kappa shape index (κ3) is 6.34. The molecule has 0 bridgehead atoms. The quantitative estimate of drug-likeness (QED) is 0.523. The summed E-state index contributed by atoms with van der Waals surface area (Å²) in [4.78, 5) is 18.7. The van der Waals surface area contributed by atoms with Gasteiger partial charge in [-0.2, -0.15) is 0 Å². The van der Waals surface area contributed by atoms with Gasteiger partial charge < -0.3 is 15.5 Å². The Bertz CT molecular complexity index is 863. The first-order valence-electron chi connectivity index (χ1n) is 10.9. The van der Waals surface area contributed by atoms with Gasteiger partial charge in [-0.25, -0.2) is 0 Å². The Morgan fingerprint density at radius 2 is 1.90 bits per heavy atom. The lowest BCUT2D eigenvalue weighted by Crippen LogP contribution is -2.41. The van der Waals surface area contributed by atoms with Gasteiger partial charge in [-0.3, -0.25) is 9.79 Å². The van der Waals surface area contributed by atoms with Crippen LogP contribution in [0.25, 0.3) is 0 Å². The van der Waals surface area contributed by atoms with Crippen molar-refractivity contribution in [2.45, 2.75) is 33.1 Å². The van der Waals surface area contributed by atoms with Gasteiger partial charge in [0.25, 0.3) is 0 Å². The molecule has 0 radical (unpaired) electrons. The van der Waals surface area contributed by atoms with Crippen LogP contribution in [0.15, 0.2) is 53.5 Å². The molecule has 1 saturated heterocycles. The van der Waals surface area contributed by atoms with Gasteiger partial charge in [0.2, 0.25) is 5.91 Å². The van der Waals surface area contributed by atoms with Crippen molar-refractivity contribution < 1.29 is 4.79 Å². The van der Waals surface area contributed by atoms with E-state index in [9.17, 15) is 4.79 Å². The number of rotatable bonds is 8. The van der Waals surface area contributed by atoms with Crippen molar-refractivity contribution in [1.82, 2.24) is 15.5 Å². The average molecular weight is 407 g/mol. The van der Waals surface area contributed by atoms with E-state index in [1.165, 1.54) is 22.3 Å². The Kier molecular flexibility index (Phi) is 7.89. The fourth-order valence-corrected chi connectivity index (χ4v) is 4.02. The molecule has 0 aromatic heterocycles. The number of nitrogens with one attached hydrogen (secondary N) is 2. The molecule has 160 valence electrons. The second-order valence-corrected chi connectivity index (χ2v) is 8.21. The fourth-order valence-electron chi connectivity index (χ4n) is 4.02. The molecule has 1 fully saturated rings. The Balaban J connectivity index is 1.39. The van der Waals surface area contributed by atoms with Gasteiger partial charge >= 0.3 is 0 Å². The molecule has 1 aliphatic heterocycles. The Labute approximate surface area is 180 Å². The maximum absolute atomic E-state index is 12.4. The van der Waals surface area contributed by atoms with Crippen molar-refractivity contribution in [3.63, 3.8) is 0 Å². The second-order valence-electron chi connectivity index (χ2n) is 8.21. The van der Waals surface area contributed by atoms with Crippen LogP contribution < -0.4 is 10.6 Å². The minimum atomic E-state index is 0.260. The van der Waals surface area contributed by atoms with E-state index in [1.807, 2.05) is 23.1 Å². The predicted octanol–water partition coefficient (Wildman–Crippen LogP) is 3.10. The van der Waals surface area contributed by atoms with Crippen molar-refractivity contribution in [3.05, 3.63) is 70.8 Å². The number of carbonyl (C=O) groups excluding carboxylic acids is 1. The van der Waals surface area contributed by atoms with Crippen LogP contribution in [-0.4, -0.2) is 50.0 Å². The fraction of sp³-hybridized carbons (Fsp3) is 0.440. The number of likely N-dealkylation sites (tertiary alicyclic amines) is 1. The van der Waals surface area contributed by atoms with Gasteiger partial charge in [-0.15, -0.1) is 0 Å². The lowest BCUT2D eigenvalue weighted by molar-refractivity contribution is -0.127. The Hall–Kier alpha value is -2.82. The number of carbonyl (C=O) groups is 1. The zero-order valence-corrected chi connectivity index (χ0v) is 18.4. The number of aryl methyl sites for hydroxylation is 2. The van der Waals surface area contributed by atoms with Crippen molar-refractivity contribution in [2.24, 2.45) is 10.9 Å². The highest BCUT2D eigenvalue weighted by Gasteiger charge is 2.29. The molecule has 1 heterocycles. The first kappa shape index (κ1) is 21.9. The van der Waals surface area contributed by atoms with Crippen LogP contribution >= 0.6 is 0 Å². The van der Waals surface area contributed by atoms with E-state index < -0.39 is 0 Å². The summed E-state index contributed by atoms with van der Waals surface area (Å²) in [5, 5.41) is 6.79. The van der Waals surface area contributed by atoms with E-state index in [0.29, 0.717) is 12.3 Å². The zero-order valence-electron chi connectivity index (χ0n) is 18.4. The number of amides is 1. The molecule has 1 amide bonds. The lowest BCUT2D eigenvalue weighted by Gasteiger charge is -2.18. The van der Waals surface area contributed by atoms with Crippen LogP contribution in [0.5, 0.6) is 0 Å². The Morgan fingerprint density at radius 3 is 2.63 bits per heavy atom. The summed E-state index contributed by atoms with van der Waals surface area (Å²) in [5.74, 6) is 1.39. The molecule has 5 nitrogen and oxygen atoms in total. The van der Waals surface area contributed by atoms with E-state index in [4.69, 9.17) is 0 Å². The van der Waals surface area contributed by atoms with Crippen LogP contribution in [0, 0.1) is 19.8 Å². The van der Waals surface area contributed by atoms with Crippen LogP contribution in [0.2, 0.25) is 0 Å². The van der Waals surface area contributed by atoms with E-state index in [-0.39, 0.29) is 5.91 Å². The van der Waals surface area contributed by atoms with Gasteiger partial charge in [0, 0.05) is 45.6 Å². The van der Waals surface area contributed by atoms with Crippen LogP contribution in [-0.2, 0) is 17.6 Å². The number of aliphatic imine (C=N–C) groups is 1. The average Bonchev–Trinajstić information content (AvgIpc) is 3.10. The lowest BCUT2D eigenvalue weighted by atomic mass is 10.0.